The summed E-state index contributed by atoms with van der Waals surface area (Å²) in [6.45, 7) is 8.70. The van der Waals surface area contributed by atoms with Crippen LogP contribution in [0.3, 0.4) is 0 Å². The molecule has 2 aromatic rings. The van der Waals surface area contributed by atoms with Gasteiger partial charge in [0, 0.05) is 0 Å². The van der Waals surface area contributed by atoms with Crippen LogP contribution in [0.1, 0.15) is 49.0 Å². The molecule has 0 aliphatic heterocycles. The number of ether oxygens (including phenoxy) is 2. The molecule has 0 saturated heterocycles. The summed E-state index contributed by atoms with van der Waals surface area (Å²) >= 11 is 1.11. The van der Waals surface area contributed by atoms with Crippen molar-refractivity contribution in [3.8, 4) is 0 Å². The highest BCUT2D eigenvalue weighted by atomic mass is 32.1. The van der Waals surface area contributed by atoms with Crippen molar-refractivity contribution in [1.82, 2.24) is 9.55 Å². The van der Waals surface area contributed by atoms with Crippen LogP contribution in [-0.2, 0) is 14.3 Å². The zero-order valence-corrected chi connectivity index (χ0v) is 15.1. The highest BCUT2D eigenvalue weighted by Gasteiger charge is 2.24. The Labute approximate surface area is 143 Å². The average Bonchev–Trinajstić information content (AvgIpc) is 2.84. The molecule has 0 bridgehead atoms. The second-order valence-electron chi connectivity index (χ2n) is 5.58. The van der Waals surface area contributed by atoms with Gasteiger partial charge >= 0.3 is 11.9 Å². The van der Waals surface area contributed by atoms with E-state index in [1.807, 2.05) is 0 Å². The summed E-state index contributed by atoms with van der Waals surface area (Å²) in [4.78, 5) is 41.8. The largest absolute Gasteiger partial charge is 0.462 e. The Kier molecular flexibility index (Phi) is 5.38. The molecule has 0 radical (unpaired) electrons. The number of aromatic nitrogens is 2. The molecule has 7 nitrogen and oxygen atoms in total. The maximum atomic E-state index is 12.7. The summed E-state index contributed by atoms with van der Waals surface area (Å²) in [6, 6.07) is -0.804. The quantitative estimate of drug-likeness (QED) is 0.768. The molecule has 2 rings (SSSR count). The van der Waals surface area contributed by atoms with E-state index in [1.165, 1.54) is 10.9 Å². The Morgan fingerprint density at radius 2 is 2.00 bits per heavy atom. The molecule has 1 unspecified atom stereocenters. The predicted molar refractivity (Wildman–Crippen MR) is 90.5 cm³/mol. The summed E-state index contributed by atoms with van der Waals surface area (Å²) in [5.41, 5.74) is 0.141. The number of esters is 2. The third kappa shape index (κ3) is 3.33. The van der Waals surface area contributed by atoms with Gasteiger partial charge in [0.25, 0.3) is 5.56 Å². The first-order valence-electron chi connectivity index (χ1n) is 7.65. The van der Waals surface area contributed by atoms with Crippen LogP contribution in [0.25, 0.3) is 10.2 Å². The van der Waals surface area contributed by atoms with Crippen molar-refractivity contribution in [2.45, 2.75) is 46.8 Å². The Morgan fingerprint density at radius 3 is 2.58 bits per heavy atom. The molecule has 0 aliphatic rings. The van der Waals surface area contributed by atoms with Crippen LogP contribution >= 0.6 is 11.3 Å². The number of thiophene rings is 1. The molecule has 0 amide bonds. The van der Waals surface area contributed by atoms with Gasteiger partial charge in [-0.1, -0.05) is 0 Å². The fourth-order valence-electron chi connectivity index (χ4n) is 2.25. The molecule has 2 heterocycles. The smallest absolute Gasteiger partial charge is 0.348 e. The van der Waals surface area contributed by atoms with Gasteiger partial charge in [0.05, 0.1) is 24.4 Å². The highest BCUT2D eigenvalue weighted by Crippen LogP contribution is 2.27. The topological polar surface area (TPSA) is 87.5 Å². The van der Waals surface area contributed by atoms with E-state index in [0.717, 1.165) is 11.3 Å². The molecule has 2 aromatic heterocycles. The molecule has 0 saturated carbocycles. The third-order valence-electron chi connectivity index (χ3n) is 3.45. The first-order chi connectivity index (χ1) is 11.3. The zero-order valence-electron chi connectivity index (χ0n) is 14.3. The van der Waals surface area contributed by atoms with Crippen molar-refractivity contribution >= 4 is 33.5 Å². The Bertz CT molecular complexity index is 837. The van der Waals surface area contributed by atoms with Crippen LogP contribution in [-0.4, -0.2) is 34.2 Å². The monoisotopic (exact) mass is 352 g/mol. The lowest BCUT2D eigenvalue weighted by Gasteiger charge is -2.15. The van der Waals surface area contributed by atoms with E-state index >= 15 is 0 Å². The Morgan fingerprint density at radius 1 is 1.33 bits per heavy atom. The van der Waals surface area contributed by atoms with Crippen LogP contribution in [0, 0.1) is 6.92 Å². The molecule has 24 heavy (non-hydrogen) atoms. The maximum absolute atomic E-state index is 12.7. The minimum atomic E-state index is -0.804. The number of nitrogens with zero attached hydrogens (tertiary/aromatic N) is 2. The van der Waals surface area contributed by atoms with E-state index < -0.39 is 18.0 Å². The highest BCUT2D eigenvalue weighted by molar-refractivity contribution is 7.20. The van der Waals surface area contributed by atoms with Crippen molar-refractivity contribution in [3.63, 3.8) is 0 Å². The molecule has 0 N–H and O–H groups in total. The van der Waals surface area contributed by atoms with Gasteiger partial charge in [-0.2, -0.15) is 0 Å². The number of carbonyl (C=O) groups excluding carboxylic acids is 2. The van der Waals surface area contributed by atoms with E-state index in [2.05, 4.69) is 4.98 Å². The number of fused-ring (bicyclic) bond motifs is 1. The number of hydrogen-bond acceptors (Lipinski definition) is 7. The first kappa shape index (κ1) is 18.1. The van der Waals surface area contributed by atoms with Crippen LogP contribution in [0.5, 0.6) is 0 Å². The average molecular weight is 352 g/mol. The fraction of sp³-hybridized carbons (Fsp3) is 0.500. The lowest BCUT2D eigenvalue weighted by Crippen LogP contribution is -2.30. The molecule has 0 fully saturated rings. The standard InChI is InChI=1S/C16H20N2O5S/c1-6-22-16(21)12-9(4)11-13(24-12)17-7-18(14(11)19)10(5)15(20)23-8(2)3/h7-8,10H,6H2,1-5H3. The summed E-state index contributed by atoms with van der Waals surface area (Å²) < 4.78 is 11.4. The van der Waals surface area contributed by atoms with Crippen molar-refractivity contribution in [3.05, 3.63) is 27.1 Å². The normalized spacial score (nSPS) is 12.4. The lowest BCUT2D eigenvalue weighted by atomic mass is 10.2. The summed E-state index contributed by atoms with van der Waals surface area (Å²) in [6.07, 6.45) is 1.03. The van der Waals surface area contributed by atoms with Crippen molar-refractivity contribution in [2.75, 3.05) is 6.61 Å². The third-order valence-corrected chi connectivity index (χ3v) is 4.63. The van der Waals surface area contributed by atoms with Crippen LogP contribution in [0.2, 0.25) is 0 Å². The number of aryl methyl sites for hydroxylation is 1. The van der Waals surface area contributed by atoms with Crippen molar-refractivity contribution in [2.24, 2.45) is 0 Å². The van der Waals surface area contributed by atoms with Crippen LogP contribution in [0.4, 0.5) is 0 Å². The van der Waals surface area contributed by atoms with Crippen molar-refractivity contribution in [1.29, 1.82) is 0 Å². The first-order valence-corrected chi connectivity index (χ1v) is 8.47. The zero-order chi connectivity index (χ0) is 18.0. The van der Waals surface area contributed by atoms with E-state index in [-0.39, 0.29) is 18.3 Å². The minimum Gasteiger partial charge on any atom is -0.462 e. The van der Waals surface area contributed by atoms with Gasteiger partial charge in [-0.05, 0) is 40.2 Å². The lowest BCUT2D eigenvalue weighted by molar-refractivity contribution is -0.151. The summed E-state index contributed by atoms with van der Waals surface area (Å²) in [7, 11) is 0. The number of carbonyl (C=O) groups is 2. The second kappa shape index (κ2) is 7.12. The fourth-order valence-corrected chi connectivity index (χ4v) is 3.28. The van der Waals surface area contributed by atoms with Gasteiger partial charge in [0.1, 0.15) is 15.7 Å². The summed E-state index contributed by atoms with van der Waals surface area (Å²) in [5.74, 6) is -0.983. The van der Waals surface area contributed by atoms with Gasteiger partial charge in [-0.3, -0.25) is 9.36 Å². The molecule has 0 spiro atoms. The van der Waals surface area contributed by atoms with Crippen LogP contribution < -0.4 is 5.56 Å². The van der Waals surface area contributed by atoms with Gasteiger partial charge < -0.3 is 9.47 Å². The Balaban J connectivity index is 2.51. The van der Waals surface area contributed by atoms with Gasteiger partial charge in [0.2, 0.25) is 0 Å². The van der Waals surface area contributed by atoms with Crippen LogP contribution in [0.15, 0.2) is 11.1 Å². The van der Waals surface area contributed by atoms with Gasteiger partial charge in [0.15, 0.2) is 0 Å². The van der Waals surface area contributed by atoms with E-state index in [9.17, 15) is 14.4 Å². The van der Waals surface area contributed by atoms with E-state index in [0.29, 0.717) is 20.7 Å². The SMILES string of the molecule is CCOC(=O)c1sc2ncn(C(C)C(=O)OC(C)C)c(=O)c2c1C. The number of rotatable bonds is 5. The van der Waals surface area contributed by atoms with Gasteiger partial charge in [-0.25, -0.2) is 14.6 Å². The van der Waals surface area contributed by atoms with E-state index in [4.69, 9.17) is 9.47 Å². The molecular weight excluding hydrogens is 332 g/mol. The van der Waals surface area contributed by atoms with Gasteiger partial charge in [-0.15, -0.1) is 11.3 Å². The molecule has 130 valence electrons. The summed E-state index contributed by atoms with van der Waals surface area (Å²) in [5, 5.41) is 0.328. The second-order valence-corrected chi connectivity index (χ2v) is 6.57. The molecule has 0 aromatic carbocycles. The predicted octanol–water partition coefficient (Wildman–Crippen LogP) is 2.46. The van der Waals surface area contributed by atoms with Crippen molar-refractivity contribution < 1.29 is 19.1 Å². The molecule has 8 heteroatoms. The molecular formula is C16H20N2O5S. The molecule has 0 aliphatic carbocycles. The minimum absolute atomic E-state index is 0.252. The Hall–Kier alpha value is -2.22. The van der Waals surface area contributed by atoms with E-state index in [1.54, 1.807) is 34.6 Å². The number of hydrogen-bond donors (Lipinski definition) is 0. The maximum Gasteiger partial charge on any atom is 0.348 e. The molecule has 1 atom stereocenters.